The van der Waals surface area contributed by atoms with Crippen LogP contribution in [-0.4, -0.2) is 0 Å². The van der Waals surface area contributed by atoms with Crippen LogP contribution < -0.4 is 4.90 Å². The lowest BCUT2D eigenvalue weighted by Crippen LogP contribution is -2.26. The smallest absolute Gasteiger partial charge is 0.144 e. The molecule has 1 spiro atoms. The Labute approximate surface area is 404 Å². The first kappa shape index (κ1) is 38.9. The number of fused-ring (bicyclic) bond motifs is 16. The van der Waals surface area contributed by atoms with Crippen LogP contribution in [0, 0.1) is 0 Å². The number of rotatable bonds is 6. The Morgan fingerprint density at radius 2 is 0.814 bits per heavy atom. The van der Waals surface area contributed by atoms with Crippen LogP contribution in [0.4, 0.5) is 17.1 Å². The van der Waals surface area contributed by atoms with E-state index in [1.54, 1.807) is 0 Å². The summed E-state index contributed by atoms with van der Waals surface area (Å²) in [5.41, 5.74) is 23.4. The van der Waals surface area contributed by atoms with Crippen molar-refractivity contribution in [3.63, 3.8) is 0 Å². The SMILES string of the molecule is c1ccc(-c2cccc(N(c3ccc(-c4ccc5oc6c(-c7ccccc7)c7c(cc6c5c4)oc4ccccc47)cc3)c3ccc4c(c3)C3(c5ccccc5-c5ccccc53)c3ccccc3-4)c2)cc1. The fourth-order valence-electron chi connectivity index (χ4n) is 12.1. The number of anilines is 3. The maximum absolute atomic E-state index is 6.82. The molecule has 0 bridgehead atoms. The molecule has 326 valence electrons. The van der Waals surface area contributed by atoms with Crippen LogP contribution in [0.15, 0.2) is 258 Å². The summed E-state index contributed by atoms with van der Waals surface area (Å²) in [4.78, 5) is 2.43. The summed E-state index contributed by atoms with van der Waals surface area (Å²) in [6.07, 6.45) is 0. The zero-order chi connectivity index (χ0) is 45.9. The minimum Gasteiger partial charge on any atom is -0.456 e. The molecule has 0 saturated heterocycles. The molecule has 0 radical (unpaired) electrons. The molecule has 2 aliphatic carbocycles. The maximum Gasteiger partial charge on any atom is 0.144 e. The number of para-hydroxylation sites is 1. The van der Waals surface area contributed by atoms with Gasteiger partial charge in [0.2, 0.25) is 0 Å². The van der Waals surface area contributed by atoms with Gasteiger partial charge in [-0.25, -0.2) is 0 Å². The van der Waals surface area contributed by atoms with E-state index in [4.69, 9.17) is 8.83 Å². The molecule has 0 atom stereocenters. The van der Waals surface area contributed by atoms with Crippen molar-refractivity contribution in [2.24, 2.45) is 0 Å². The first-order valence-corrected chi connectivity index (χ1v) is 24.1. The second-order valence-corrected chi connectivity index (χ2v) is 18.7. The Morgan fingerprint density at radius 3 is 1.53 bits per heavy atom. The zero-order valence-corrected chi connectivity index (χ0v) is 37.9. The lowest BCUT2D eigenvalue weighted by Gasteiger charge is -2.32. The van der Waals surface area contributed by atoms with Gasteiger partial charge in [-0.3, -0.25) is 0 Å². The van der Waals surface area contributed by atoms with Crippen molar-refractivity contribution in [1.29, 1.82) is 0 Å². The average molecular weight is 892 g/mol. The van der Waals surface area contributed by atoms with Gasteiger partial charge in [0.1, 0.15) is 22.3 Å². The molecule has 2 aromatic heterocycles. The number of nitrogens with zero attached hydrogens (tertiary/aromatic N) is 1. The van der Waals surface area contributed by atoms with Gasteiger partial charge in [0.05, 0.1) is 5.41 Å². The highest BCUT2D eigenvalue weighted by Gasteiger charge is 2.51. The molecule has 70 heavy (non-hydrogen) atoms. The van der Waals surface area contributed by atoms with Crippen molar-refractivity contribution in [3.05, 3.63) is 271 Å². The van der Waals surface area contributed by atoms with E-state index in [1.165, 1.54) is 55.6 Å². The second-order valence-electron chi connectivity index (χ2n) is 18.7. The van der Waals surface area contributed by atoms with E-state index in [1.807, 2.05) is 12.1 Å². The molecule has 3 heteroatoms. The lowest BCUT2D eigenvalue weighted by atomic mass is 9.70. The van der Waals surface area contributed by atoms with Gasteiger partial charge in [-0.1, -0.05) is 188 Å². The molecule has 13 aromatic rings. The van der Waals surface area contributed by atoms with Gasteiger partial charge in [-0.05, 0) is 133 Å². The van der Waals surface area contributed by atoms with Gasteiger partial charge in [-0.15, -0.1) is 0 Å². The summed E-state index contributed by atoms with van der Waals surface area (Å²) >= 11 is 0. The molecular weight excluding hydrogens is 851 g/mol. The number of hydrogen-bond donors (Lipinski definition) is 0. The van der Waals surface area contributed by atoms with Crippen LogP contribution in [0.25, 0.3) is 99.5 Å². The van der Waals surface area contributed by atoms with Gasteiger partial charge >= 0.3 is 0 Å². The molecule has 0 aliphatic heterocycles. The van der Waals surface area contributed by atoms with E-state index in [0.29, 0.717) is 0 Å². The van der Waals surface area contributed by atoms with E-state index in [2.05, 4.69) is 241 Å². The molecule has 3 nitrogen and oxygen atoms in total. The van der Waals surface area contributed by atoms with E-state index >= 15 is 0 Å². The third-order valence-corrected chi connectivity index (χ3v) is 15.1. The molecule has 0 saturated carbocycles. The molecular formula is C67H41NO2. The fraction of sp³-hybridized carbons (Fsp3) is 0.0149. The van der Waals surface area contributed by atoms with Crippen LogP contribution >= 0.6 is 0 Å². The summed E-state index contributed by atoms with van der Waals surface area (Å²) in [7, 11) is 0. The molecule has 0 amide bonds. The molecule has 2 aliphatic rings. The highest BCUT2D eigenvalue weighted by Crippen LogP contribution is 2.63. The molecule has 2 heterocycles. The Hall–Kier alpha value is -9.18. The number of benzene rings is 11. The van der Waals surface area contributed by atoms with Gasteiger partial charge in [0.25, 0.3) is 0 Å². The quantitative estimate of drug-likeness (QED) is 0.167. The van der Waals surface area contributed by atoms with Crippen LogP contribution in [0.1, 0.15) is 22.3 Å². The van der Waals surface area contributed by atoms with Crippen LogP contribution in [0.2, 0.25) is 0 Å². The zero-order valence-electron chi connectivity index (χ0n) is 37.9. The largest absolute Gasteiger partial charge is 0.456 e. The highest BCUT2D eigenvalue weighted by molar-refractivity contribution is 6.23. The van der Waals surface area contributed by atoms with Crippen LogP contribution in [0.5, 0.6) is 0 Å². The normalized spacial score (nSPS) is 13.0. The molecule has 0 fully saturated rings. The van der Waals surface area contributed by atoms with Crippen LogP contribution in [-0.2, 0) is 5.41 Å². The van der Waals surface area contributed by atoms with E-state index in [0.717, 1.165) is 83.2 Å². The van der Waals surface area contributed by atoms with E-state index < -0.39 is 5.41 Å². The van der Waals surface area contributed by atoms with Gasteiger partial charge in [0, 0.05) is 44.2 Å². The Morgan fingerprint density at radius 1 is 0.286 bits per heavy atom. The summed E-state index contributed by atoms with van der Waals surface area (Å²) < 4.78 is 13.4. The van der Waals surface area contributed by atoms with Crippen molar-refractivity contribution in [2.75, 3.05) is 4.90 Å². The van der Waals surface area contributed by atoms with Gasteiger partial charge < -0.3 is 13.7 Å². The summed E-state index contributed by atoms with van der Waals surface area (Å²) in [5, 5.41) is 4.24. The first-order chi connectivity index (χ1) is 34.7. The van der Waals surface area contributed by atoms with Crippen molar-refractivity contribution in [2.45, 2.75) is 5.41 Å². The molecule has 0 N–H and O–H groups in total. The average Bonchev–Trinajstić information content (AvgIpc) is 4.17. The fourth-order valence-corrected chi connectivity index (χ4v) is 12.1. The van der Waals surface area contributed by atoms with Crippen LogP contribution in [0.3, 0.4) is 0 Å². The van der Waals surface area contributed by atoms with Crippen molar-refractivity contribution in [1.82, 2.24) is 0 Å². The topological polar surface area (TPSA) is 29.5 Å². The Bertz CT molecular complexity index is 4170. The monoisotopic (exact) mass is 891 g/mol. The minimum absolute atomic E-state index is 0.454. The van der Waals surface area contributed by atoms with Crippen molar-refractivity contribution < 1.29 is 8.83 Å². The van der Waals surface area contributed by atoms with Crippen molar-refractivity contribution >= 4 is 60.9 Å². The second kappa shape index (κ2) is 14.9. The highest BCUT2D eigenvalue weighted by atomic mass is 16.3. The summed E-state index contributed by atoms with van der Waals surface area (Å²) in [5.74, 6) is 0. The minimum atomic E-state index is -0.454. The molecule has 0 unspecified atom stereocenters. The van der Waals surface area contributed by atoms with Gasteiger partial charge in [0.15, 0.2) is 0 Å². The first-order valence-electron chi connectivity index (χ1n) is 24.1. The predicted octanol–water partition coefficient (Wildman–Crippen LogP) is 18.3. The third kappa shape index (κ3) is 5.52. The van der Waals surface area contributed by atoms with E-state index in [-0.39, 0.29) is 0 Å². The van der Waals surface area contributed by atoms with Gasteiger partial charge in [-0.2, -0.15) is 0 Å². The Balaban J connectivity index is 0.894. The van der Waals surface area contributed by atoms with Crippen molar-refractivity contribution in [3.8, 4) is 55.6 Å². The standard InChI is InChI=1S/C67H41NO2/c1-3-16-42(17-4-1)45-20-15-21-48(38-45)68(49-35-36-53-52-24-9-13-28-59(52)67(60(53)40-49)57-26-11-7-22-50(57)51-23-8-12-27-58(51)67)47-33-30-43(31-34-47)46-32-37-62-55(39-46)56-41-63-65(54-25-10-14-29-61(54)69-63)64(66(56)70-62)44-18-5-2-6-19-44/h1-41H. The van der Waals surface area contributed by atoms with E-state index in [9.17, 15) is 0 Å². The third-order valence-electron chi connectivity index (χ3n) is 15.1. The number of furan rings is 2. The number of hydrogen-bond acceptors (Lipinski definition) is 3. The maximum atomic E-state index is 6.82. The Kier molecular flexibility index (Phi) is 8.28. The molecule has 15 rings (SSSR count). The lowest BCUT2D eigenvalue weighted by molar-refractivity contribution is 0.664. The summed E-state index contributed by atoms with van der Waals surface area (Å²) in [6, 6.07) is 90.4. The summed E-state index contributed by atoms with van der Waals surface area (Å²) in [6.45, 7) is 0. The predicted molar refractivity (Wildman–Crippen MR) is 288 cm³/mol. The molecule has 11 aromatic carbocycles.